The van der Waals surface area contributed by atoms with Crippen molar-refractivity contribution in [3.63, 3.8) is 0 Å². The van der Waals surface area contributed by atoms with Crippen molar-refractivity contribution in [2.45, 2.75) is 25.7 Å². The first kappa shape index (κ1) is 13.6. The summed E-state index contributed by atoms with van der Waals surface area (Å²) in [5, 5.41) is 11.2. The van der Waals surface area contributed by atoms with E-state index in [1.54, 1.807) is 0 Å². The number of rotatable bonds is 4. The first-order valence-electron chi connectivity index (χ1n) is 6.21. The van der Waals surface area contributed by atoms with Gasteiger partial charge in [-0.15, -0.1) is 0 Å². The van der Waals surface area contributed by atoms with Crippen LogP contribution in [0.2, 0.25) is 0 Å². The molecule has 0 aromatic heterocycles. The summed E-state index contributed by atoms with van der Waals surface area (Å²) in [4.78, 5) is 0. The molecule has 1 aromatic carbocycles. The summed E-state index contributed by atoms with van der Waals surface area (Å²) in [6.45, 7) is 0.316. The maximum absolute atomic E-state index is 13.7. The molecule has 0 radical (unpaired) electrons. The molecule has 0 spiro atoms. The van der Waals surface area contributed by atoms with E-state index in [1.807, 2.05) is 0 Å². The Labute approximate surface area is 109 Å². The van der Waals surface area contributed by atoms with Crippen molar-refractivity contribution in [2.75, 3.05) is 6.61 Å². The molecule has 104 valence electrons. The zero-order valence-electron chi connectivity index (χ0n) is 10.4. The Morgan fingerprint density at radius 3 is 2.42 bits per heavy atom. The zero-order valence-corrected chi connectivity index (χ0v) is 10.4. The number of benzene rings is 1. The highest BCUT2D eigenvalue weighted by atomic mass is 19.1. The van der Waals surface area contributed by atoms with Crippen LogP contribution in [-0.4, -0.2) is 17.6 Å². The molecule has 0 bridgehead atoms. The van der Waals surface area contributed by atoms with Crippen LogP contribution in [-0.2, 0) is 0 Å². The standard InChI is InChI=1S/C13H16F2N2O2/c14-10-5-9(13(16)17-18)6-11(15)12(10)19-7-8-3-1-2-4-8/h5-6,8,18H,1-4,7H2,(H2,16,17). The lowest BCUT2D eigenvalue weighted by atomic mass is 10.1. The summed E-state index contributed by atoms with van der Waals surface area (Å²) in [5.74, 6) is -2.08. The molecule has 0 heterocycles. The number of hydrogen-bond donors (Lipinski definition) is 2. The van der Waals surface area contributed by atoms with Crippen LogP contribution >= 0.6 is 0 Å². The van der Waals surface area contributed by atoms with Crippen LogP contribution in [0.4, 0.5) is 8.78 Å². The summed E-state index contributed by atoms with van der Waals surface area (Å²) in [5.41, 5.74) is 5.26. The van der Waals surface area contributed by atoms with E-state index in [9.17, 15) is 8.78 Å². The fourth-order valence-electron chi connectivity index (χ4n) is 2.28. The van der Waals surface area contributed by atoms with E-state index in [0.717, 1.165) is 37.8 Å². The molecule has 2 rings (SSSR count). The predicted molar refractivity (Wildman–Crippen MR) is 66.3 cm³/mol. The number of hydrogen-bond acceptors (Lipinski definition) is 3. The monoisotopic (exact) mass is 270 g/mol. The summed E-state index contributed by atoms with van der Waals surface area (Å²) < 4.78 is 32.7. The number of amidine groups is 1. The van der Waals surface area contributed by atoms with Crippen molar-refractivity contribution in [1.29, 1.82) is 0 Å². The average molecular weight is 270 g/mol. The lowest BCUT2D eigenvalue weighted by molar-refractivity contribution is 0.231. The van der Waals surface area contributed by atoms with E-state index in [-0.39, 0.29) is 11.4 Å². The van der Waals surface area contributed by atoms with Gasteiger partial charge in [-0.25, -0.2) is 8.78 Å². The van der Waals surface area contributed by atoms with Gasteiger partial charge in [0.25, 0.3) is 0 Å². The number of nitrogens with two attached hydrogens (primary N) is 1. The Balaban J connectivity index is 2.12. The molecular weight excluding hydrogens is 254 g/mol. The second kappa shape index (κ2) is 5.86. The minimum Gasteiger partial charge on any atom is -0.487 e. The molecule has 1 aliphatic carbocycles. The van der Waals surface area contributed by atoms with E-state index in [0.29, 0.717) is 12.5 Å². The maximum Gasteiger partial charge on any atom is 0.190 e. The Morgan fingerprint density at radius 2 is 1.89 bits per heavy atom. The largest absolute Gasteiger partial charge is 0.487 e. The van der Waals surface area contributed by atoms with Gasteiger partial charge in [0.05, 0.1) is 6.61 Å². The van der Waals surface area contributed by atoms with Crippen molar-refractivity contribution in [1.82, 2.24) is 0 Å². The smallest absolute Gasteiger partial charge is 0.190 e. The van der Waals surface area contributed by atoms with Gasteiger partial charge in [-0.2, -0.15) is 0 Å². The molecule has 1 aliphatic rings. The van der Waals surface area contributed by atoms with Crippen molar-refractivity contribution in [2.24, 2.45) is 16.8 Å². The Kier molecular flexibility index (Phi) is 4.19. The summed E-state index contributed by atoms with van der Waals surface area (Å²) in [7, 11) is 0. The number of nitrogens with zero attached hydrogens (tertiary/aromatic N) is 1. The predicted octanol–water partition coefficient (Wildman–Crippen LogP) is 2.63. The molecule has 0 aliphatic heterocycles. The average Bonchev–Trinajstić information content (AvgIpc) is 2.89. The Bertz CT molecular complexity index is 463. The van der Waals surface area contributed by atoms with Gasteiger partial charge in [0.1, 0.15) is 0 Å². The summed E-state index contributed by atoms with van der Waals surface area (Å²) >= 11 is 0. The number of halogens is 2. The molecular formula is C13H16F2N2O2. The van der Waals surface area contributed by atoms with Crippen LogP contribution in [0.1, 0.15) is 31.2 Å². The van der Waals surface area contributed by atoms with Crippen LogP contribution in [0.3, 0.4) is 0 Å². The molecule has 0 saturated heterocycles. The van der Waals surface area contributed by atoms with Gasteiger partial charge < -0.3 is 15.7 Å². The SMILES string of the molecule is N/C(=N/O)c1cc(F)c(OCC2CCCC2)c(F)c1. The molecule has 1 saturated carbocycles. The maximum atomic E-state index is 13.7. The van der Waals surface area contributed by atoms with Crippen molar-refractivity contribution >= 4 is 5.84 Å². The molecule has 0 amide bonds. The fraction of sp³-hybridized carbons (Fsp3) is 0.462. The lowest BCUT2D eigenvalue weighted by Crippen LogP contribution is -2.15. The highest BCUT2D eigenvalue weighted by Crippen LogP contribution is 2.28. The van der Waals surface area contributed by atoms with E-state index in [1.165, 1.54) is 0 Å². The van der Waals surface area contributed by atoms with Crippen molar-refractivity contribution in [3.8, 4) is 5.75 Å². The van der Waals surface area contributed by atoms with Crippen LogP contribution in [0.5, 0.6) is 5.75 Å². The lowest BCUT2D eigenvalue weighted by Gasteiger charge is -2.13. The van der Waals surface area contributed by atoms with Crippen LogP contribution in [0, 0.1) is 17.6 Å². The molecule has 19 heavy (non-hydrogen) atoms. The number of ether oxygens (including phenoxy) is 1. The molecule has 1 aromatic rings. The molecule has 0 unspecified atom stereocenters. The third-order valence-corrected chi connectivity index (χ3v) is 3.34. The summed E-state index contributed by atoms with van der Waals surface area (Å²) in [6, 6.07) is 1.98. The van der Waals surface area contributed by atoms with E-state index >= 15 is 0 Å². The van der Waals surface area contributed by atoms with Gasteiger partial charge in [0.15, 0.2) is 23.2 Å². The van der Waals surface area contributed by atoms with Gasteiger partial charge in [-0.05, 0) is 30.9 Å². The third-order valence-electron chi connectivity index (χ3n) is 3.34. The van der Waals surface area contributed by atoms with E-state index in [4.69, 9.17) is 15.7 Å². The van der Waals surface area contributed by atoms with Crippen molar-refractivity contribution < 1.29 is 18.7 Å². The first-order chi connectivity index (χ1) is 9.11. The van der Waals surface area contributed by atoms with Crippen LogP contribution in [0.15, 0.2) is 17.3 Å². The highest BCUT2D eigenvalue weighted by Gasteiger charge is 2.19. The van der Waals surface area contributed by atoms with Crippen LogP contribution < -0.4 is 10.5 Å². The van der Waals surface area contributed by atoms with Gasteiger partial charge >= 0.3 is 0 Å². The van der Waals surface area contributed by atoms with Gasteiger partial charge in [-0.3, -0.25) is 0 Å². The Hall–Kier alpha value is -1.85. The zero-order chi connectivity index (χ0) is 13.8. The van der Waals surface area contributed by atoms with Gasteiger partial charge in [0.2, 0.25) is 0 Å². The molecule has 0 atom stereocenters. The van der Waals surface area contributed by atoms with Gasteiger partial charge in [-0.1, -0.05) is 18.0 Å². The Morgan fingerprint density at radius 1 is 1.32 bits per heavy atom. The molecule has 6 heteroatoms. The second-order valence-electron chi connectivity index (χ2n) is 4.72. The normalized spacial score (nSPS) is 16.8. The topological polar surface area (TPSA) is 67.8 Å². The van der Waals surface area contributed by atoms with Crippen LogP contribution in [0.25, 0.3) is 0 Å². The van der Waals surface area contributed by atoms with E-state index < -0.39 is 17.4 Å². The third kappa shape index (κ3) is 3.13. The van der Waals surface area contributed by atoms with E-state index in [2.05, 4.69) is 5.16 Å². The molecule has 1 fully saturated rings. The quantitative estimate of drug-likeness (QED) is 0.382. The number of oxime groups is 1. The minimum atomic E-state index is -0.848. The minimum absolute atomic E-state index is 0.0225. The molecule has 4 nitrogen and oxygen atoms in total. The highest BCUT2D eigenvalue weighted by molar-refractivity contribution is 5.97. The fourth-order valence-corrected chi connectivity index (χ4v) is 2.28. The second-order valence-corrected chi connectivity index (χ2v) is 4.72. The van der Waals surface area contributed by atoms with Gasteiger partial charge in [0, 0.05) is 5.56 Å². The molecule has 3 N–H and O–H groups in total. The first-order valence-corrected chi connectivity index (χ1v) is 6.21. The van der Waals surface area contributed by atoms with Crippen molar-refractivity contribution in [3.05, 3.63) is 29.3 Å². The summed E-state index contributed by atoms with van der Waals surface area (Å²) in [6.07, 6.45) is 4.35.